The maximum absolute atomic E-state index is 12.8. The molecule has 2 aliphatic heterocycles. The summed E-state index contributed by atoms with van der Waals surface area (Å²) in [4.78, 5) is 28.4. The van der Waals surface area contributed by atoms with E-state index in [1.165, 1.54) is 11.3 Å². The lowest BCUT2D eigenvalue weighted by atomic mass is 10.1. The number of nitrogens with one attached hydrogen (secondary N) is 1. The van der Waals surface area contributed by atoms with Crippen molar-refractivity contribution in [2.75, 3.05) is 25.1 Å². The van der Waals surface area contributed by atoms with Gasteiger partial charge < -0.3 is 9.64 Å². The van der Waals surface area contributed by atoms with E-state index < -0.39 is 11.8 Å². The van der Waals surface area contributed by atoms with E-state index in [1.807, 2.05) is 4.90 Å². The van der Waals surface area contributed by atoms with Crippen LogP contribution in [0, 0.1) is 0 Å². The number of rotatable bonds is 3. The third-order valence-corrected chi connectivity index (χ3v) is 4.42. The van der Waals surface area contributed by atoms with Gasteiger partial charge in [-0.25, -0.2) is 0 Å². The summed E-state index contributed by atoms with van der Waals surface area (Å²) < 4.78 is 5.12. The van der Waals surface area contributed by atoms with Gasteiger partial charge in [-0.2, -0.15) is 0 Å². The van der Waals surface area contributed by atoms with E-state index in [0.717, 1.165) is 25.9 Å². The van der Waals surface area contributed by atoms with Crippen molar-refractivity contribution < 1.29 is 14.3 Å². The lowest BCUT2D eigenvalue weighted by Gasteiger charge is -2.31. The fourth-order valence-electron chi connectivity index (χ4n) is 2.84. The second-order valence-corrected chi connectivity index (χ2v) is 6.12. The zero-order valence-electron chi connectivity index (χ0n) is 13.4. The highest BCUT2D eigenvalue weighted by Crippen LogP contribution is 2.24. The third kappa shape index (κ3) is 3.26. The minimum Gasteiger partial charge on any atom is -0.497 e. The number of piperidine rings is 1. The summed E-state index contributed by atoms with van der Waals surface area (Å²) in [7, 11) is 1.57. The van der Waals surface area contributed by atoms with E-state index in [0.29, 0.717) is 11.4 Å². The molecule has 0 atom stereocenters. The van der Waals surface area contributed by atoms with Gasteiger partial charge in [0.25, 0.3) is 11.8 Å². The second kappa shape index (κ2) is 7.00. The predicted octanol–water partition coefficient (Wildman–Crippen LogP) is 1.81. The zero-order valence-corrected chi connectivity index (χ0v) is 14.3. The number of benzene rings is 1. The number of carbonyl (C=O) groups is 2. The van der Waals surface area contributed by atoms with Crippen molar-refractivity contribution >= 4 is 34.8 Å². The molecule has 0 spiro atoms. The topological polar surface area (TPSA) is 61.9 Å². The van der Waals surface area contributed by atoms with Crippen LogP contribution < -0.4 is 15.0 Å². The van der Waals surface area contributed by atoms with Gasteiger partial charge in [-0.15, -0.1) is 0 Å². The minimum absolute atomic E-state index is 0.0889. The smallest absolute Gasteiger partial charge is 0.271 e. The monoisotopic (exact) mass is 345 g/mol. The summed E-state index contributed by atoms with van der Waals surface area (Å²) in [6.45, 7) is 1.72. The number of methoxy groups -OCH3 is 1. The summed E-state index contributed by atoms with van der Waals surface area (Å²) in [6, 6.07) is 6.96. The Bertz CT molecular complexity index is 694. The highest BCUT2D eigenvalue weighted by molar-refractivity contribution is 7.80. The van der Waals surface area contributed by atoms with Crippen molar-refractivity contribution in [3.8, 4) is 5.75 Å². The average Bonchev–Trinajstić information content (AvgIpc) is 2.60. The van der Waals surface area contributed by atoms with E-state index in [-0.39, 0.29) is 10.7 Å². The second-order valence-electron chi connectivity index (χ2n) is 5.74. The van der Waals surface area contributed by atoms with Gasteiger partial charge in [0.1, 0.15) is 11.3 Å². The molecule has 2 fully saturated rings. The minimum atomic E-state index is -0.444. The maximum atomic E-state index is 12.8. The largest absolute Gasteiger partial charge is 0.497 e. The first-order valence-corrected chi connectivity index (χ1v) is 8.30. The molecule has 2 amide bonds. The first kappa shape index (κ1) is 16.4. The van der Waals surface area contributed by atoms with Crippen molar-refractivity contribution in [2.24, 2.45) is 0 Å². The highest BCUT2D eigenvalue weighted by Gasteiger charge is 2.35. The fraction of sp³-hybridized carbons (Fsp3) is 0.353. The van der Waals surface area contributed by atoms with E-state index in [1.54, 1.807) is 37.6 Å². The van der Waals surface area contributed by atoms with Crippen LogP contribution in [0.4, 0.5) is 5.69 Å². The average molecular weight is 345 g/mol. The number of hydrogen-bond acceptors (Lipinski definition) is 5. The van der Waals surface area contributed by atoms with Gasteiger partial charge >= 0.3 is 0 Å². The molecule has 0 bridgehead atoms. The van der Waals surface area contributed by atoms with Crippen LogP contribution in [-0.4, -0.2) is 42.0 Å². The van der Waals surface area contributed by atoms with Crippen LogP contribution in [0.25, 0.3) is 0 Å². The van der Waals surface area contributed by atoms with Gasteiger partial charge in [0.2, 0.25) is 0 Å². The molecule has 1 aromatic carbocycles. The lowest BCUT2D eigenvalue weighted by Crippen LogP contribution is -2.54. The Morgan fingerprint density at radius 3 is 2.42 bits per heavy atom. The van der Waals surface area contributed by atoms with E-state index in [4.69, 9.17) is 17.0 Å². The SMILES string of the molecule is COc1ccc(N2C(=O)/C(=C\N3CCCCC3)C(=O)NC2=S)cc1. The first-order chi connectivity index (χ1) is 11.6. The molecule has 6 nitrogen and oxygen atoms in total. The number of nitrogens with zero attached hydrogens (tertiary/aromatic N) is 2. The van der Waals surface area contributed by atoms with Crippen LogP contribution in [0.3, 0.4) is 0 Å². The van der Waals surface area contributed by atoms with Crippen LogP contribution in [-0.2, 0) is 9.59 Å². The molecule has 1 aromatic rings. The van der Waals surface area contributed by atoms with Crippen molar-refractivity contribution in [2.45, 2.75) is 19.3 Å². The fourth-order valence-corrected chi connectivity index (χ4v) is 3.12. The van der Waals surface area contributed by atoms with E-state index in [9.17, 15) is 9.59 Å². The maximum Gasteiger partial charge on any atom is 0.271 e. The Morgan fingerprint density at radius 2 is 1.79 bits per heavy atom. The quantitative estimate of drug-likeness (QED) is 0.514. The summed E-state index contributed by atoms with van der Waals surface area (Å²) >= 11 is 5.18. The third-order valence-electron chi connectivity index (χ3n) is 4.13. The summed E-state index contributed by atoms with van der Waals surface area (Å²) in [5.41, 5.74) is 0.705. The van der Waals surface area contributed by atoms with Gasteiger partial charge in [0, 0.05) is 19.3 Å². The molecule has 2 aliphatic rings. The van der Waals surface area contributed by atoms with E-state index >= 15 is 0 Å². The zero-order chi connectivity index (χ0) is 17.1. The molecule has 24 heavy (non-hydrogen) atoms. The molecular weight excluding hydrogens is 326 g/mol. The molecule has 7 heteroatoms. The standard InChI is InChI=1S/C17H19N3O3S/c1-23-13-7-5-12(6-8-13)20-16(22)14(15(21)18-17(20)24)11-19-9-3-2-4-10-19/h5-8,11H,2-4,9-10H2,1H3,(H,18,21,24)/b14-11-. The van der Waals surface area contributed by atoms with Crippen molar-refractivity contribution in [1.29, 1.82) is 0 Å². The molecule has 0 aromatic heterocycles. The summed E-state index contributed by atoms with van der Waals surface area (Å²) in [5.74, 6) is -0.165. The first-order valence-electron chi connectivity index (χ1n) is 7.90. The van der Waals surface area contributed by atoms with Gasteiger partial charge in [-0.1, -0.05) is 0 Å². The number of thiocarbonyl (C=S) groups is 1. The van der Waals surface area contributed by atoms with Gasteiger partial charge in [0.05, 0.1) is 12.8 Å². The van der Waals surface area contributed by atoms with Crippen molar-refractivity contribution in [1.82, 2.24) is 10.2 Å². The summed E-state index contributed by atoms with van der Waals surface area (Å²) in [5, 5.41) is 2.69. The van der Waals surface area contributed by atoms with Crippen LogP contribution >= 0.6 is 12.2 Å². The number of ether oxygens (including phenoxy) is 1. The molecule has 126 valence electrons. The molecular formula is C17H19N3O3S. The van der Waals surface area contributed by atoms with Crippen LogP contribution in [0.5, 0.6) is 5.75 Å². The normalized spacial score (nSPS) is 20.4. The Balaban J connectivity index is 1.88. The number of amides is 2. The van der Waals surface area contributed by atoms with Gasteiger partial charge in [-0.3, -0.25) is 19.8 Å². The molecule has 1 N–H and O–H groups in total. The number of anilines is 1. The number of hydrogen-bond donors (Lipinski definition) is 1. The molecule has 3 rings (SSSR count). The molecule has 0 unspecified atom stereocenters. The Labute approximate surface area is 146 Å². The Hall–Kier alpha value is -2.41. The highest BCUT2D eigenvalue weighted by atomic mass is 32.1. The molecule has 0 saturated carbocycles. The Morgan fingerprint density at radius 1 is 1.12 bits per heavy atom. The molecule has 0 aliphatic carbocycles. The van der Waals surface area contributed by atoms with Crippen LogP contribution in [0.1, 0.15) is 19.3 Å². The van der Waals surface area contributed by atoms with Crippen molar-refractivity contribution in [3.63, 3.8) is 0 Å². The van der Waals surface area contributed by atoms with Crippen LogP contribution in [0.15, 0.2) is 36.0 Å². The van der Waals surface area contributed by atoms with Gasteiger partial charge in [0.15, 0.2) is 5.11 Å². The number of carbonyl (C=O) groups excluding carboxylic acids is 2. The molecule has 2 saturated heterocycles. The molecule has 2 heterocycles. The van der Waals surface area contributed by atoms with E-state index in [2.05, 4.69) is 5.32 Å². The lowest BCUT2D eigenvalue weighted by molar-refractivity contribution is -0.122. The Kier molecular flexibility index (Phi) is 4.80. The van der Waals surface area contributed by atoms with Crippen molar-refractivity contribution in [3.05, 3.63) is 36.0 Å². The van der Waals surface area contributed by atoms with Crippen LogP contribution in [0.2, 0.25) is 0 Å². The molecule has 0 radical (unpaired) electrons. The van der Waals surface area contributed by atoms with Gasteiger partial charge in [-0.05, 0) is 55.7 Å². The predicted molar refractivity (Wildman–Crippen MR) is 94.7 cm³/mol. The number of likely N-dealkylation sites (tertiary alicyclic amines) is 1. The summed E-state index contributed by atoms with van der Waals surface area (Å²) in [6.07, 6.45) is 4.98.